The first-order valence-corrected chi connectivity index (χ1v) is 24.9. The summed E-state index contributed by atoms with van der Waals surface area (Å²) < 4.78 is 41.4. The maximum atomic E-state index is 12.8. The first-order chi connectivity index (χ1) is 38.7. The molecule has 0 saturated heterocycles. The van der Waals surface area contributed by atoms with Gasteiger partial charge in [-0.05, 0) is 147 Å². The molecule has 9 rings (SSSR count). The molecule has 4 aromatic carbocycles. The number of aromatic amines is 2. The summed E-state index contributed by atoms with van der Waals surface area (Å²) in [6, 6.07) is 33.0. The van der Waals surface area contributed by atoms with E-state index in [0.717, 1.165) is 0 Å². The molecule has 0 unspecified atom stereocenters. The van der Waals surface area contributed by atoms with Crippen molar-refractivity contribution >= 4 is 94.1 Å². The van der Waals surface area contributed by atoms with Gasteiger partial charge in [0, 0.05) is 44.3 Å². The highest BCUT2D eigenvalue weighted by Crippen LogP contribution is 2.40. The topological polar surface area (TPSA) is 268 Å². The predicted octanol–water partition coefficient (Wildman–Crippen LogP) is 9.20. The van der Waals surface area contributed by atoms with Crippen molar-refractivity contribution in [3.05, 3.63) is 144 Å². The zero-order valence-electron chi connectivity index (χ0n) is 43.1. The molecule has 8 bridgehead atoms. The van der Waals surface area contributed by atoms with Crippen LogP contribution in [-0.4, -0.2) is 94.1 Å². The van der Waals surface area contributed by atoms with Gasteiger partial charge >= 0.3 is 47.8 Å². The van der Waals surface area contributed by atoms with Crippen LogP contribution in [0.25, 0.3) is 90.9 Å². The number of fused-ring (bicyclic) bond motifs is 8. The van der Waals surface area contributed by atoms with Gasteiger partial charge in [0.15, 0.2) is 0 Å². The van der Waals surface area contributed by atoms with Crippen molar-refractivity contribution in [2.24, 2.45) is 0 Å². The molecular formula is C60H46N4O16. The average Bonchev–Trinajstić information content (AvgIpc) is 4.32. The van der Waals surface area contributed by atoms with Crippen molar-refractivity contribution in [1.29, 1.82) is 0 Å². The first kappa shape index (κ1) is 54.0. The van der Waals surface area contributed by atoms with E-state index in [1.54, 1.807) is 149 Å². The molecule has 0 aliphatic carbocycles. The number of esters is 8. The molecule has 20 nitrogen and oxygen atoms in total. The van der Waals surface area contributed by atoms with Gasteiger partial charge in [0.05, 0.1) is 49.2 Å². The summed E-state index contributed by atoms with van der Waals surface area (Å²) >= 11 is 0. The van der Waals surface area contributed by atoms with Crippen LogP contribution in [-0.2, 0) is 57.3 Å². The third-order valence-electron chi connectivity index (χ3n) is 11.9. The molecule has 80 heavy (non-hydrogen) atoms. The fourth-order valence-electron chi connectivity index (χ4n) is 8.64. The van der Waals surface area contributed by atoms with Gasteiger partial charge in [-0.2, -0.15) is 0 Å². The lowest BCUT2D eigenvalue weighted by Crippen LogP contribution is -2.22. The number of ether oxygens (including phenoxy) is 8. The molecule has 2 N–H and O–H groups in total. The lowest BCUT2D eigenvalue weighted by atomic mass is 10.0. The fraction of sp³-hybridized carbons (Fsp3) is 0.133. The molecule has 0 fully saturated rings. The first-order valence-electron chi connectivity index (χ1n) is 24.9. The second-order valence-electron chi connectivity index (χ2n) is 17.1. The van der Waals surface area contributed by atoms with Crippen molar-refractivity contribution in [2.75, 3.05) is 26.4 Å². The Bertz CT molecular complexity index is 3430. The number of carbonyl (C=O) groups excluding carboxylic acids is 8. The molecule has 2 aliphatic rings. The van der Waals surface area contributed by atoms with E-state index in [1.807, 2.05) is 0 Å². The van der Waals surface area contributed by atoms with Gasteiger partial charge in [-0.3, -0.25) is 0 Å². The zero-order valence-corrected chi connectivity index (χ0v) is 43.1. The SMILES string of the molecule is CCOC(=O)C(=O)Oc1cccc(-c2c3nc(c(-c4cccc(OC(=O)C(=O)OCC)c4)c4ccc([nH]4)c(-c4cccc(OC(=O)C(=O)OCC)c4)c4nc(c(-c5cccc(OC(=O)C(=O)OCC)c5)c5ccc2[nH]5)C=C4)C=C3)c1. The zero-order chi connectivity index (χ0) is 56.5. The maximum Gasteiger partial charge on any atom is 0.422 e. The number of hydrogen-bond donors (Lipinski definition) is 2. The van der Waals surface area contributed by atoms with Crippen LogP contribution in [0.4, 0.5) is 0 Å². The van der Waals surface area contributed by atoms with Gasteiger partial charge in [0.1, 0.15) is 23.0 Å². The maximum absolute atomic E-state index is 12.8. The van der Waals surface area contributed by atoms with Crippen molar-refractivity contribution in [1.82, 2.24) is 19.9 Å². The largest absolute Gasteiger partial charge is 0.458 e. The predicted molar refractivity (Wildman–Crippen MR) is 290 cm³/mol. The molecule has 0 radical (unpaired) electrons. The number of hydrogen-bond acceptors (Lipinski definition) is 18. The lowest BCUT2D eigenvalue weighted by Gasteiger charge is -2.10. The lowest BCUT2D eigenvalue weighted by molar-refractivity contribution is -0.161. The van der Waals surface area contributed by atoms with Crippen LogP contribution in [0.5, 0.6) is 23.0 Å². The molecule has 402 valence electrons. The normalized spacial score (nSPS) is 11.2. The summed E-state index contributed by atoms with van der Waals surface area (Å²) in [7, 11) is 0. The monoisotopic (exact) mass is 1080 g/mol. The highest BCUT2D eigenvalue weighted by molar-refractivity contribution is 6.31. The minimum atomic E-state index is -1.23. The number of rotatable bonds is 12. The highest BCUT2D eigenvalue weighted by atomic mass is 16.6. The van der Waals surface area contributed by atoms with Crippen LogP contribution in [0.1, 0.15) is 50.5 Å². The Hall–Kier alpha value is -10.8. The van der Waals surface area contributed by atoms with E-state index in [9.17, 15) is 38.4 Å². The summed E-state index contributed by atoms with van der Waals surface area (Å²) in [6.07, 6.45) is 7.08. The number of benzene rings is 4. The standard InChI is InChI=1S/C60H46N4O16/c1-5-73-53(65)57(69)77-37-17-9-13-33(29-37)49-41-21-23-43(61-41)50(34-14-10-18-38(30-34)78-58(70)54(66)74-6-2)45-25-27-47(63-45)52(36-16-12-20-40(32-36)80-60(72)56(68)76-8-4)48-28-26-46(64-48)51(44-24-22-42(49)62-44)35-15-11-19-39(31-35)79-59(71)55(67)75-7-3/h9-32,61,64H,5-8H2,1-4H3. The quantitative estimate of drug-likeness (QED) is 0.0499. The van der Waals surface area contributed by atoms with Crippen LogP contribution >= 0.6 is 0 Å². The van der Waals surface area contributed by atoms with E-state index in [-0.39, 0.29) is 49.4 Å². The molecule has 5 heterocycles. The summed E-state index contributed by atoms with van der Waals surface area (Å²) in [6.45, 7) is 6.04. The van der Waals surface area contributed by atoms with Crippen LogP contribution in [0.2, 0.25) is 0 Å². The van der Waals surface area contributed by atoms with Crippen molar-refractivity contribution < 1.29 is 76.3 Å². The molecule has 3 aromatic heterocycles. The third-order valence-corrected chi connectivity index (χ3v) is 11.9. The Morgan fingerprint density at radius 3 is 0.762 bits per heavy atom. The Morgan fingerprint density at radius 1 is 0.325 bits per heavy atom. The van der Waals surface area contributed by atoms with Crippen LogP contribution < -0.4 is 18.9 Å². The van der Waals surface area contributed by atoms with Crippen molar-refractivity contribution in [3.63, 3.8) is 0 Å². The van der Waals surface area contributed by atoms with Crippen LogP contribution in [0.3, 0.4) is 0 Å². The second kappa shape index (κ2) is 24.1. The summed E-state index contributed by atoms with van der Waals surface area (Å²) in [5, 5.41) is 0. The molecule has 2 aliphatic heterocycles. The summed E-state index contributed by atoms with van der Waals surface area (Å²) in [5.41, 5.74) is 7.38. The van der Waals surface area contributed by atoms with E-state index in [1.165, 1.54) is 24.3 Å². The Kier molecular flexibility index (Phi) is 16.3. The number of nitrogens with one attached hydrogen (secondary N) is 2. The summed E-state index contributed by atoms with van der Waals surface area (Å²) in [4.78, 5) is 118. The van der Waals surface area contributed by atoms with Gasteiger partial charge in [-0.1, -0.05) is 48.5 Å². The van der Waals surface area contributed by atoms with E-state index in [2.05, 4.69) is 9.97 Å². The molecule has 7 aromatic rings. The van der Waals surface area contributed by atoms with Crippen molar-refractivity contribution in [3.8, 4) is 67.5 Å². The Morgan fingerprint density at radius 2 is 0.550 bits per heavy atom. The van der Waals surface area contributed by atoms with Crippen molar-refractivity contribution in [2.45, 2.75) is 27.7 Å². The van der Waals surface area contributed by atoms with Gasteiger partial charge in [0.25, 0.3) is 0 Å². The second-order valence-corrected chi connectivity index (χ2v) is 17.1. The fourth-order valence-corrected chi connectivity index (χ4v) is 8.64. The minimum Gasteiger partial charge on any atom is -0.458 e. The number of carbonyl (C=O) groups is 8. The highest BCUT2D eigenvalue weighted by Gasteiger charge is 2.25. The molecule has 20 heteroatoms. The van der Waals surface area contributed by atoms with E-state index >= 15 is 0 Å². The molecule has 0 atom stereocenters. The van der Waals surface area contributed by atoms with Gasteiger partial charge in [0.2, 0.25) is 0 Å². The minimum absolute atomic E-state index is 0.0174. The van der Waals surface area contributed by atoms with Gasteiger partial charge < -0.3 is 47.9 Å². The molecule has 0 saturated carbocycles. The van der Waals surface area contributed by atoms with Gasteiger partial charge in [-0.15, -0.1) is 0 Å². The van der Waals surface area contributed by atoms with Crippen LogP contribution in [0.15, 0.2) is 121 Å². The Labute approximate surface area is 454 Å². The number of H-pyrrole nitrogens is 2. The third kappa shape index (κ3) is 11.9. The number of nitrogens with zero attached hydrogens (tertiary/aromatic N) is 2. The smallest absolute Gasteiger partial charge is 0.422 e. The van der Waals surface area contributed by atoms with Crippen LogP contribution in [0, 0.1) is 0 Å². The molecule has 0 spiro atoms. The van der Waals surface area contributed by atoms with Gasteiger partial charge in [-0.25, -0.2) is 48.3 Å². The van der Waals surface area contributed by atoms with E-state index in [4.69, 9.17) is 47.9 Å². The molecular weight excluding hydrogens is 1030 g/mol. The molecule has 0 amide bonds. The Balaban J connectivity index is 1.36. The summed E-state index contributed by atoms with van der Waals surface area (Å²) in [5.74, 6) is -9.57. The number of aromatic nitrogens is 4. The van der Waals surface area contributed by atoms with E-state index in [0.29, 0.717) is 89.4 Å². The van der Waals surface area contributed by atoms with E-state index < -0.39 is 47.8 Å². The average molecular weight is 1080 g/mol.